The summed E-state index contributed by atoms with van der Waals surface area (Å²) in [5.74, 6) is 0.870. The van der Waals surface area contributed by atoms with Gasteiger partial charge in [0.15, 0.2) is 5.82 Å². The second-order valence-corrected chi connectivity index (χ2v) is 13.8. The summed E-state index contributed by atoms with van der Waals surface area (Å²) < 4.78 is 25.7. The Morgan fingerprint density at radius 2 is 1.84 bits per heavy atom. The van der Waals surface area contributed by atoms with Crippen LogP contribution in [0.1, 0.15) is 76.6 Å². The number of carbonyl (C=O) groups is 2. The summed E-state index contributed by atoms with van der Waals surface area (Å²) in [4.78, 5) is 36.0. The summed E-state index contributed by atoms with van der Waals surface area (Å²) in [6, 6.07) is 3.84. The lowest BCUT2D eigenvalue weighted by molar-refractivity contribution is 0.0572. The topological polar surface area (TPSA) is 113 Å². The van der Waals surface area contributed by atoms with Crippen molar-refractivity contribution in [1.29, 1.82) is 0 Å². The molecule has 2 aromatic rings. The number of aromatic nitrogens is 3. The number of nitrogens with one attached hydrogen (secondary N) is 1. The van der Waals surface area contributed by atoms with Crippen molar-refractivity contribution in [1.82, 2.24) is 30.3 Å². The highest BCUT2D eigenvalue weighted by molar-refractivity contribution is 5.97. The first-order valence-electron chi connectivity index (χ1n) is 16.0. The molecule has 4 fully saturated rings. The minimum absolute atomic E-state index is 0.0675. The van der Waals surface area contributed by atoms with Gasteiger partial charge in [0.2, 0.25) is 0 Å². The second-order valence-electron chi connectivity index (χ2n) is 13.8. The molecule has 12 heteroatoms. The van der Waals surface area contributed by atoms with Crippen LogP contribution in [0.4, 0.5) is 15.0 Å². The highest BCUT2D eigenvalue weighted by Gasteiger charge is 2.47. The summed E-state index contributed by atoms with van der Waals surface area (Å²) in [5.41, 5.74) is 0.238. The van der Waals surface area contributed by atoms with Crippen LogP contribution in [0.2, 0.25) is 0 Å². The predicted octanol–water partition coefficient (Wildman–Crippen LogP) is 4.63. The van der Waals surface area contributed by atoms with Gasteiger partial charge in [-0.2, -0.15) is 0 Å². The number of rotatable bonds is 8. The number of hydrogen-bond donors (Lipinski definition) is 1. The van der Waals surface area contributed by atoms with Gasteiger partial charge in [0.1, 0.15) is 24.5 Å². The molecule has 0 bridgehead atoms. The fourth-order valence-corrected chi connectivity index (χ4v) is 7.59. The number of cyclic esters (lactones) is 1. The van der Waals surface area contributed by atoms with Crippen molar-refractivity contribution in [2.45, 2.75) is 83.8 Å². The van der Waals surface area contributed by atoms with Crippen molar-refractivity contribution in [3.8, 4) is 11.6 Å². The van der Waals surface area contributed by atoms with E-state index in [9.17, 15) is 14.0 Å². The van der Waals surface area contributed by atoms with Crippen molar-refractivity contribution in [2.24, 2.45) is 11.3 Å². The number of halogens is 1. The SMILES string of the molecule is CC(C)N(C(=O)c1cc(F)ccc1Oc1nncnc1N1CC2(CCN(C[C@H]3CC[C@@]4(CC3)COC(=O)N4)CC2)C1)C(C)C. The van der Waals surface area contributed by atoms with E-state index in [1.807, 2.05) is 27.7 Å². The van der Waals surface area contributed by atoms with Crippen LogP contribution in [0.25, 0.3) is 0 Å². The Bertz CT molecular complexity index is 1360. The van der Waals surface area contributed by atoms with Gasteiger partial charge in [-0.1, -0.05) is 0 Å². The van der Waals surface area contributed by atoms with Crippen molar-refractivity contribution >= 4 is 17.8 Å². The highest BCUT2D eigenvalue weighted by atomic mass is 19.1. The van der Waals surface area contributed by atoms with Crippen LogP contribution in [-0.4, -0.2) is 93.9 Å². The van der Waals surface area contributed by atoms with E-state index < -0.39 is 5.82 Å². The van der Waals surface area contributed by atoms with Gasteiger partial charge in [-0.05, 0) is 103 Å². The molecule has 0 unspecified atom stereocenters. The normalized spacial score (nSPS) is 24.8. The molecule has 1 N–H and O–H groups in total. The predicted molar refractivity (Wildman–Crippen MR) is 162 cm³/mol. The smallest absolute Gasteiger partial charge is 0.407 e. The van der Waals surface area contributed by atoms with Gasteiger partial charge in [0.25, 0.3) is 11.8 Å². The molecule has 1 aliphatic carbocycles. The Labute approximate surface area is 258 Å². The van der Waals surface area contributed by atoms with Gasteiger partial charge < -0.3 is 29.5 Å². The molecular formula is C32H44FN7O4. The number of anilines is 1. The number of likely N-dealkylation sites (tertiary alicyclic amines) is 1. The van der Waals surface area contributed by atoms with Gasteiger partial charge in [-0.3, -0.25) is 4.79 Å². The third kappa shape index (κ3) is 6.18. The number of alkyl carbamates (subject to hydrolysis) is 1. The molecule has 1 aromatic carbocycles. The molecule has 1 saturated carbocycles. The van der Waals surface area contributed by atoms with E-state index in [0.29, 0.717) is 18.3 Å². The largest absolute Gasteiger partial charge is 0.447 e. The molecule has 238 valence electrons. The Morgan fingerprint density at radius 3 is 2.48 bits per heavy atom. The lowest BCUT2D eigenvalue weighted by Crippen LogP contribution is -2.61. The molecule has 0 atom stereocenters. The second kappa shape index (κ2) is 12.1. The molecule has 4 heterocycles. The Hall–Kier alpha value is -3.54. The molecule has 2 amide bonds. The van der Waals surface area contributed by atoms with Gasteiger partial charge in [0, 0.05) is 37.1 Å². The van der Waals surface area contributed by atoms with E-state index in [4.69, 9.17) is 9.47 Å². The van der Waals surface area contributed by atoms with Crippen LogP contribution < -0.4 is 15.0 Å². The third-order valence-electron chi connectivity index (χ3n) is 9.99. The third-order valence-corrected chi connectivity index (χ3v) is 9.99. The van der Waals surface area contributed by atoms with Crippen LogP contribution in [0.15, 0.2) is 24.5 Å². The molecule has 6 rings (SSSR count). The molecule has 3 saturated heterocycles. The summed E-state index contributed by atoms with van der Waals surface area (Å²) in [6.45, 7) is 13.2. The minimum Gasteiger partial charge on any atom is -0.447 e. The zero-order chi connectivity index (χ0) is 31.1. The van der Waals surface area contributed by atoms with E-state index in [1.54, 1.807) is 4.90 Å². The van der Waals surface area contributed by atoms with Crippen LogP contribution >= 0.6 is 0 Å². The minimum atomic E-state index is -0.508. The summed E-state index contributed by atoms with van der Waals surface area (Å²) in [6.07, 6.45) is 7.61. The number of benzene rings is 1. The van der Waals surface area contributed by atoms with Crippen molar-refractivity contribution in [3.63, 3.8) is 0 Å². The zero-order valence-electron chi connectivity index (χ0n) is 26.2. The monoisotopic (exact) mass is 609 g/mol. The highest BCUT2D eigenvalue weighted by Crippen LogP contribution is 2.45. The summed E-state index contributed by atoms with van der Waals surface area (Å²) in [5, 5.41) is 11.2. The molecule has 44 heavy (non-hydrogen) atoms. The quantitative estimate of drug-likeness (QED) is 0.458. The standard InChI is InChI=1S/C32H44FN7O4/c1-21(2)40(22(3)4)29(41)25-15-24(33)5-6-26(25)44-28-27(34-20-35-37-28)39-17-31(18-39)11-13-38(14-12-31)16-23-7-9-32(10-8-23)19-43-30(42)36-32/h5-6,15,20-23H,7-14,16-19H2,1-4H3,(H,36,42)/t23-,32+. The van der Waals surface area contributed by atoms with Gasteiger partial charge in [-0.15, -0.1) is 10.2 Å². The van der Waals surface area contributed by atoms with E-state index in [0.717, 1.165) is 71.2 Å². The van der Waals surface area contributed by atoms with E-state index >= 15 is 0 Å². The van der Waals surface area contributed by atoms with E-state index in [-0.39, 0.29) is 52.2 Å². The van der Waals surface area contributed by atoms with Gasteiger partial charge in [-0.25, -0.2) is 14.2 Å². The van der Waals surface area contributed by atoms with Gasteiger partial charge >= 0.3 is 6.09 Å². The molecule has 2 spiro atoms. The van der Waals surface area contributed by atoms with Crippen LogP contribution in [-0.2, 0) is 4.74 Å². The first-order chi connectivity index (χ1) is 21.1. The van der Waals surface area contributed by atoms with Gasteiger partial charge in [0.05, 0.1) is 11.1 Å². The number of ether oxygens (including phenoxy) is 2. The maximum absolute atomic E-state index is 14.3. The Morgan fingerprint density at radius 1 is 1.14 bits per heavy atom. The van der Waals surface area contributed by atoms with Crippen LogP contribution in [0.5, 0.6) is 11.6 Å². The number of carbonyl (C=O) groups excluding carboxylic acids is 2. The maximum Gasteiger partial charge on any atom is 0.407 e. The number of amides is 2. The molecule has 11 nitrogen and oxygen atoms in total. The maximum atomic E-state index is 14.3. The number of hydrogen-bond acceptors (Lipinski definition) is 9. The first-order valence-corrected chi connectivity index (χ1v) is 16.0. The zero-order valence-corrected chi connectivity index (χ0v) is 26.2. The fraction of sp³-hybridized carbons (Fsp3) is 0.656. The fourth-order valence-electron chi connectivity index (χ4n) is 7.59. The lowest BCUT2D eigenvalue weighted by atomic mass is 9.71. The molecular weight excluding hydrogens is 565 g/mol. The molecule has 0 radical (unpaired) electrons. The van der Waals surface area contributed by atoms with E-state index in [1.165, 1.54) is 24.5 Å². The summed E-state index contributed by atoms with van der Waals surface area (Å²) >= 11 is 0. The molecule has 3 aliphatic heterocycles. The number of nitrogens with zero attached hydrogens (tertiary/aromatic N) is 6. The average molecular weight is 610 g/mol. The lowest BCUT2D eigenvalue weighted by Gasteiger charge is -2.54. The van der Waals surface area contributed by atoms with Crippen molar-refractivity contribution in [3.05, 3.63) is 35.9 Å². The van der Waals surface area contributed by atoms with Crippen LogP contribution in [0, 0.1) is 17.2 Å². The van der Waals surface area contributed by atoms with E-state index in [2.05, 4.69) is 30.3 Å². The van der Waals surface area contributed by atoms with Crippen LogP contribution in [0.3, 0.4) is 0 Å². The Balaban J connectivity index is 1.06. The molecule has 1 aromatic heterocycles. The molecule has 4 aliphatic rings. The number of piperidine rings is 1. The van der Waals surface area contributed by atoms with Crippen molar-refractivity contribution in [2.75, 3.05) is 44.2 Å². The average Bonchev–Trinajstić information content (AvgIpc) is 3.34. The Kier molecular flexibility index (Phi) is 8.38. The van der Waals surface area contributed by atoms with Crippen molar-refractivity contribution < 1.29 is 23.5 Å². The summed E-state index contributed by atoms with van der Waals surface area (Å²) in [7, 11) is 0. The first kappa shape index (κ1) is 30.5.